The van der Waals surface area contributed by atoms with Crippen LogP contribution < -0.4 is 10.0 Å². The van der Waals surface area contributed by atoms with Crippen molar-refractivity contribution in [3.8, 4) is 11.3 Å². The summed E-state index contributed by atoms with van der Waals surface area (Å²) >= 11 is 0. The molecule has 0 bridgehead atoms. The van der Waals surface area contributed by atoms with E-state index in [1.807, 2.05) is 38.1 Å². The van der Waals surface area contributed by atoms with Crippen LogP contribution in [0.3, 0.4) is 0 Å². The van der Waals surface area contributed by atoms with Crippen LogP contribution in [0.2, 0.25) is 0 Å². The number of anilines is 1. The van der Waals surface area contributed by atoms with E-state index in [9.17, 15) is 13.2 Å². The van der Waals surface area contributed by atoms with Gasteiger partial charge in [-0.05, 0) is 75.9 Å². The number of hydrogen-bond donors (Lipinski definition) is 2. The van der Waals surface area contributed by atoms with E-state index in [0.717, 1.165) is 28.1 Å². The second-order valence-electron chi connectivity index (χ2n) is 6.88. The maximum atomic E-state index is 12.2. The van der Waals surface area contributed by atoms with Gasteiger partial charge in [0, 0.05) is 24.2 Å². The Morgan fingerprint density at radius 3 is 2.48 bits per heavy atom. The highest BCUT2D eigenvalue weighted by molar-refractivity contribution is 7.90. The van der Waals surface area contributed by atoms with Crippen LogP contribution in [0.25, 0.3) is 11.3 Å². The van der Waals surface area contributed by atoms with Gasteiger partial charge in [0.2, 0.25) is 15.9 Å². The first-order chi connectivity index (χ1) is 12.7. The fourth-order valence-electron chi connectivity index (χ4n) is 2.66. The van der Waals surface area contributed by atoms with Crippen molar-refractivity contribution in [3.05, 3.63) is 41.7 Å². The zero-order chi connectivity index (χ0) is 20.0. The van der Waals surface area contributed by atoms with Crippen molar-refractivity contribution in [2.24, 2.45) is 0 Å². The van der Waals surface area contributed by atoms with E-state index in [0.29, 0.717) is 25.8 Å². The molecule has 1 amide bonds. The Balaban J connectivity index is 1.85. The lowest BCUT2D eigenvalue weighted by Crippen LogP contribution is -2.31. The minimum atomic E-state index is -3.24. The summed E-state index contributed by atoms with van der Waals surface area (Å²) < 4.78 is 31.3. The largest absolute Gasteiger partial charge is 0.464 e. The van der Waals surface area contributed by atoms with Crippen molar-refractivity contribution < 1.29 is 17.6 Å². The summed E-state index contributed by atoms with van der Waals surface area (Å²) in [5.74, 6) is 0.729. The van der Waals surface area contributed by atoms with Gasteiger partial charge in [-0.1, -0.05) is 0 Å². The van der Waals surface area contributed by atoms with Crippen molar-refractivity contribution in [2.45, 2.75) is 52.2 Å². The average molecular weight is 393 g/mol. The molecule has 6 nitrogen and oxygen atoms in total. The maximum absolute atomic E-state index is 12.2. The molecule has 1 heterocycles. The quantitative estimate of drug-likeness (QED) is 0.631. The number of furan rings is 1. The van der Waals surface area contributed by atoms with Gasteiger partial charge >= 0.3 is 0 Å². The van der Waals surface area contributed by atoms with E-state index in [-0.39, 0.29) is 5.91 Å². The van der Waals surface area contributed by atoms with Gasteiger partial charge < -0.3 is 9.73 Å². The molecule has 0 aliphatic rings. The lowest BCUT2D eigenvalue weighted by atomic mass is 9.99. The molecular formula is C20H28N2O4S. The first-order valence-corrected chi connectivity index (χ1v) is 10.7. The maximum Gasteiger partial charge on any atom is 0.224 e. The minimum absolute atomic E-state index is 0.0741. The summed E-state index contributed by atoms with van der Waals surface area (Å²) in [7, 11) is -3.24. The van der Waals surface area contributed by atoms with Gasteiger partial charge in [0.25, 0.3) is 0 Å². The third kappa shape index (κ3) is 5.68. The molecule has 0 saturated carbocycles. The van der Waals surface area contributed by atoms with Crippen LogP contribution in [0.4, 0.5) is 5.69 Å². The van der Waals surface area contributed by atoms with Gasteiger partial charge in [-0.15, -0.1) is 0 Å². The normalized spacial score (nSPS) is 11.7. The zero-order valence-electron chi connectivity index (χ0n) is 16.3. The molecule has 2 rings (SSSR count). The second-order valence-corrected chi connectivity index (χ2v) is 9.20. The fourth-order valence-corrected chi connectivity index (χ4v) is 3.42. The summed E-state index contributed by atoms with van der Waals surface area (Å²) in [6, 6.07) is 7.58. The third-order valence-electron chi connectivity index (χ3n) is 4.60. The van der Waals surface area contributed by atoms with Gasteiger partial charge in [-0.25, -0.2) is 13.1 Å². The van der Waals surface area contributed by atoms with Gasteiger partial charge in [0.1, 0.15) is 5.76 Å². The monoisotopic (exact) mass is 392 g/mol. The predicted molar refractivity (Wildman–Crippen MR) is 108 cm³/mol. The van der Waals surface area contributed by atoms with Gasteiger partial charge in [0.05, 0.1) is 11.5 Å². The summed E-state index contributed by atoms with van der Waals surface area (Å²) in [5.41, 5.74) is 3.86. The molecule has 0 spiro atoms. The first-order valence-electron chi connectivity index (χ1n) is 9.14. The fraction of sp³-hybridized carbons (Fsp3) is 0.450. The Kier molecular flexibility index (Phi) is 7.21. The molecule has 2 aromatic rings. The molecule has 0 saturated heterocycles. The van der Waals surface area contributed by atoms with Crippen LogP contribution >= 0.6 is 0 Å². The number of unbranched alkanes of at least 4 members (excludes halogenated alkanes) is 1. The van der Waals surface area contributed by atoms with Gasteiger partial charge in [0.15, 0.2) is 0 Å². The van der Waals surface area contributed by atoms with Gasteiger partial charge in [-0.3, -0.25) is 4.79 Å². The summed E-state index contributed by atoms with van der Waals surface area (Å²) in [5, 5.41) is 2.49. The molecule has 27 heavy (non-hydrogen) atoms. The number of benzene rings is 1. The van der Waals surface area contributed by atoms with E-state index >= 15 is 0 Å². The number of carbonyl (C=O) groups is 1. The van der Waals surface area contributed by atoms with Crippen LogP contribution in [0.15, 0.2) is 34.9 Å². The topological polar surface area (TPSA) is 88.4 Å². The van der Waals surface area contributed by atoms with Crippen LogP contribution in [-0.4, -0.2) is 26.1 Å². The van der Waals surface area contributed by atoms with Crippen molar-refractivity contribution in [1.29, 1.82) is 0 Å². The SMILES string of the molecule is Cc1c(NC(=O)CCCCNS(=O)(=O)C(C)C)ccc(-c2ccco2)c1C. The smallest absolute Gasteiger partial charge is 0.224 e. The van der Waals surface area contributed by atoms with Crippen molar-refractivity contribution in [3.63, 3.8) is 0 Å². The van der Waals surface area contributed by atoms with E-state index < -0.39 is 15.3 Å². The second kappa shape index (κ2) is 9.19. The molecule has 1 aromatic heterocycles. The highest BCUT2D eigenvalue weighted by Crippen LogP contribution is 2.30. The van der Waals surface area contributed by atoms with E-state index in [1.165, 1.54) is 0 Å². The lowest BCUT2D eigenvalue weighted by Gasteiger charge is -2.13. The van der Waals surface area contributed by atoms with Crippen LogP contribution in [0.1, 0.15) is 44.2 Å². The van der Waals surface area contributed by atoms with Crippen molar-refractivity contribution in [1.82, 2.24) is 4.72 Å². The predicted octanol–water partition coefficient (Wildman–Crippen LogP) is 4.00. The lowest BCUT2D eigenvalue weighted by molar-refractivity contribution is -0.116. The van der Waals surface area contributed by atoms with Crippen LogP contribution in [-0.2, 0) is 14.8 Å². The van der Waals surface area contributed by atoms with Crippen molar-refractivity contribution >= 4 is 21.6 Å². The zero-order valence-corrected chi connectivity index (χ0v) is 17.2. The Morgan fingerprint density at radius 2 is 1.85 bits per heavy atom. The summed E-state index contributed by atoms with van der Waals surface area (Å²) in [6.45, 7) is 7.60. The highest BCUT2D eigenvalue weighted by atomic mass is 32.2. The molecule has 2 N–H and O–H groups in total. The van der Waals surface area contributed by atoms with Crippen molar-refractivity contribution in [2.75, 3.05) is 11.9 Å². The molecule has 7 heteroatoms. The van der Waals surface area contributed by atoms with E-state index in [1.54, 1.807) is 20.1 Å². The Morgan fingerprint density at radius 1 is 1.11 bits per heavy atom. The standard InChI is InChI=1S/C20H28N2O4S/c1-14(2)27(24,25)21-12-6-5-9-20(23)22-18-11-10-17(15(3)16(18)4)19-8-7-13-26-19/h7-8,10-11,13-14,21H,5-6,9,12H2,1-4H3,(H,22,23). The Hall–Kier alpha value is -2.12. The van der Waals surface area contributed by atoms with Gasteiger partial charge in [-0.2, -0.15) is 0 Å². The van der Waals surface area contributed by atoms with Crippen LogP contribution in [0.5, 0.6) is 0 Å². The first kappa shape index (κ1) is 21.2. The number of carbonyl (C=O) groups excluding carboxylic acids is 1. The number of hydrogen-bond acceptors (Lipinski definition) is 4. The molecule has 0 radical (unpaired) electrons. The number of nitrogens with one attached hydrogen (secondary N) is 2. The average Bonchev–Trinajstić information content (AvgIpc) is 3.13. The van der Waals surface area contributed by atoms with E-state index in [2.05, 4.69) is 10.0 Å². The van der Waals surface area contributed by atoms with E-state index in [4.69, 9.17) is 4.42 Å². The molecule has 1 aromatic carbocycles. The molecule has 0 unspecified atom stereocenters. The number of amides is 1. The molecule has 0 aliphatic carbocycles. The molecule has 0 aliphatic heterocycles. The van der Waals surface area contributed by atoms with Crippen LogP contribution in [0, 0.1) is 13.8 Å². The minimum Gasteiger partial charge on any atom is -0.464 e. The molecule has 148 valence electrons. The summed E-state index contributed by atoms with van der Waals surface area (Å²) in [6.07, 6.45) is 3.23. The Bertz CT molecular complexity index is 872. The molecule has 0 fully saturated rings. The third-order valence-corrected chi connectivity index (χ3v) is 6.45. The summed E-state index contributed by atoms with van der Waals surface area (Å²) in [4.78, 5) is 12.2. The number of rotatable bonds is 9. The molecule has 0 atom stereocenters. The highest BCUT2D eigenvalue weighted by Gasteiger charge is 2.15. The number of sulfonamides is 1. The molecular weight excluding hydrogens is 364 g/mol. The Labute approximate surface area is 161 Å².